The molecule has 0 aromatic rings. The average Bonchev–Trinajstić information content (AvgIpc) is 2.52. The minimum Gasteiger partial charge on any atom is -0.321 e. The number of rotatable bonds is 14. The van der Waals surface area contributed by atoms with Gasteiger partial charge >= 0.3 is 15.2 Å². The Morgan fingerprint density at radius 1 is 0.840 bits per heavy atom. The molecule has 0 spiro atoms. The second-order valence-electron chi connectivity index (χ2n) is 5.37. The molecule has 0 aromatic heterocycles. The van der Waals surface area contributed by atoms with Gasteiger partial charge in [-0.3, -0.25) is 13.9 Å². The Kier molecular flexibility index (Phi) is 11.6. The van der Waals surface area contributed by atoms with Gasteiger partial charge in [-0.25, -0.2) is 0 Å². The lowest BCUT2D eigenvalue weighted by Crippen LogP contribution is -2.43. The Hall–Kier alpha value is -0.0700. The highest BCUT2D eigenvalue weighted by atomic mass is 31.2. The van der Waals surface area contributed by atoms with Gasteiger partial charge in [-0.05, 0) is 41.0 Å². The zero-order valence-electron chi connectivity index (χ0n) is 16.1. The van der Waals surface area contributed by atoms with Gasteiger partial charge in [-0.2, -0.15) is 0 Å². The molecule has 2 atom stereocenters. The first-order valence-electron chi connectivity index (χ1n) is 8.70. The van der Waals surface area contributed by atoms with E-state index in [4.69, 9.17) is 23.8 Å². The average molecular weight is 401 g/mol. The fraction of sp³-hybridized carbons (Fsp3) is 0.933. The Labute approximate surface area is 151 Å². The van der Waals surface area contributed by atoms with E-state index in [2.05, 4.69) is 0 Å². The molecule has 2 N–H and O–H groups in total. The molecular formula is C15H33NO7P2. The molecule has 10 heteroatoms. The summed E-state index contributed by atoms with van der Waals surface area (Å²) in [7, 11) is -7.84. The van der Waals surface area contributed by atoms with Crippen LogP contribution in [-0.2, 0) is 32.0 Å². The third kappa shape index (κ3) is 6.55. The van der Waals surface area contributed by atoms with E-state index >= 15 is 0 Å². The van der Waals surface area contributed by atoms with Gasteiger partial charge < -0.3 is 23.8 Å². The van der Waals surface area contributed by atoms with Crippen molar-refractivity contribution in [2.45, 2.75) is 59.4 Å². The number of carbonyl (C=O) groups excluding carboxylic acids is 1. The molecule has 0 fully saturated rings. The van der Waals surface area contributed by atoms with Crippen molar-refractivity contribution in [3.8, 4) is 0 Å². The summed E-state index contributed by atoms with van der Waals surface area (Å²) in [5.41, 5.74) is 6.04. The zero-order valence-corrected chi connectivity index (χ0v) is 17.9. The van der Waals surface area contributed by atoms with Crippen molar-refractivity contribution in [3.05, 3.63) is 0 Å². The molecule has 0 bridgehead atoms. The van der Waals surface area contributed by atoms with Crippen LogP contribution in [0.5, 0.6) is 0 Å². The third-order valence-electron chi connectivity index (χ3n) is 3.67. The molecule has 0 aliphatic heterocycles. The van der Waals surface area contributed by atoms with Crippen LogP contribution >= 0.6 is 15.2 Å². The van der Waals surface area contributed by atoms with Crippen molar-refractivity contribution in [1.82, 2.24) is 0 Å². The summed E-state index contributed by atoms with van der Waals surface area (Å²) in [4.78, 5) is 11.9. The summed E-state index contributed by atoms with van der Waals surface area (Å²) >= 11 is 0. The summed E-state index contributed by atoms with van der Waals surface area (Å²) in [5, 5.41) is -1.27. The van der Waals surface area contributed by atoms with E-state index in [1.165, 1.54) is 6.92 Å². The monoisotopic (exact) mass is 401 g/mol. The van der Waals surface area contributed by atoms with Crippen molar-refractivity contribution in [1.29, 1.82) is 0 Å². The molecule has 0 radical (unpaired) electrons. The van der Waals surface area contributed by atoms with Crippen LogP contribution in [0.1, 0.15) is 48.0 Å². The lowest BCUT2D eigenvalue weighted by Gasteiger charge is -2.37. The smallest absolute Gasteiger partial charge is 0.321 e. The number of hydrogen-bond donors (Lipinski definition) is 1. The van der Waals surface area contributed by atoms with Gasteiger partial charge in [0.05, 0.1) is 32.5 Å². The van der Waals surface area contributed by atoms with E-state index in [1.54, 1.807) is 34.6 Å². The molecule has 150 valence electrons. The summed E-state index contributed by atoms with van der Waals surface area (Å²) in [6.07, 6.45) is 0.333. The van der Waals surface area contributed by atoms with Crippen molar-refractivity contribution in [3.63, 3.8) is 0 Å². The molecule has 0 rings (SSSR count). The highest BCUT2D eigenvalue weighted by molar-refractivity contribution is 7.72. The summed E-state index contributed by atoms with van der Waals surface area (Å²) < 4.78 is 48.7. The Morgan fingerprint density at radius 3 is 1.36 bits per heavy atom. The number of nitrogens with two attached hydrogens (primary N) is 1. The molecule has 25 heavy (non-hydrogen) atoms. The number of Topliss-reactive ketones (excluding diaryl/α,β-unsaturated/α-hetero) is 1. The maximum atomic E-state index is 13.5. The number of carbonyl (C=O) groups is 1. The number of ketones is 1. The summed E-state index contributed by atoms with van der Waals surface area (Å²) in [5.74, 6) is -1.05. The van der Waals surface area contributed by atoms with Crippen LogP contribution < -0.4 is 5.73 Å². The summed E-state index contributed by atoms with van der Waals surface area (Å²) in [6.45, 7) is 10.0. The van der Waals surface area contributed by atoms with Crippen molar-refractivity contribution >= 4 is 21.0 Å². The van der Waals surface area contributed by atoms with E-state index in [0.717, 1.165) is 0 Å². The van der Waals surface area contributed by atoms with E-state index in [0.29, 0.717) is 6.42 Å². The van der Waals surface area contributed by atoms with Crippen LogP contribution in [0.15, 0.2) is 0 Å². The van der Waals surface area contributed by atoms with Crippen molar-refractivity contribution in [2.75, 3.05) is 26.4 Å². The maximum Gasteiger partial charge on any atom is 0.346 e. The van der Waals surface area contributed by atoms with E-state index < -0.39 is 32.6 Å². The van der Waals surface area contributed by atoms with Crippen LogP contribution in [0, 0.1) is 5.92 Å². The third-order valence-corrected chi connectivity index (χ3v) is 9.90. The standard InChI is InChI=1S/C15H33NO7P2/c1-7-13(14(16)12(6)17)15(24(18,20-8-2)21-9-3)25(19,22-10-4)23-11-5/h13-15H,7-11,16H2,1-6H3/t13-,14-/m1/s1. The molecule has 8 nitrogen and oxygen atoms in total. The largest absolute Gasteiger partial charge is 0.346 e. The fourth-order valence-electron chi connectivity index (χ4n) is 2.69. The van der Waals surface area contributed by atoms with Gasteiger partial charge in [0.2, 0.25) is 0 Å². The second kappa shape index (κ2) is 11.6. The van der Waals surface area contributed by atoms with Crippen molar-refractivity contribution < 1.29 is 32.0 Å². The van der Waals surface area contributed by atoms with Crippen LogP contribution in [0.4, 0.5) is 0 Å². The predicted octanol–water partition coefficient (Wildman–Crippen LogP) is 3.79. The van der Waals surface area contributed by atoms with Gasteiger partial charge in [-0.15, -0.1) is 0 Å². The molecule has 0 aliphatic carbocycles. The molecule has 0 aliphatic rings. The van der Waals surface area contributed by atoms with Crippen LogP contribution in [0.2, 0.25) is 0 Å². The molecule has 0 aromatic carbocycles. The molecule has 0 saturated carbocycles. The lowest BCUT2D eigenvalue weighted by molar-refractivity contribution is -0.119. The molecule has 0 saturated heterocycles. The van der Waals surface area contributed by atoms with E-state index in [1.807, 2.05) is 0 Å². The van der Waals surface area contributed by atoms with Gasteiger partial charge in [-0.1, -0.05) is 6.92 Å². The summed E-state index contributed by atoms with van der Waals surface area (Å²) in [6, 6.07) is -0.988. The Morgan fingerprint density at radius 2 is 1.16 bits per heavy atom. The van der Waals surface area contributed by atoms with Gasteiger partial charge in [0, 0.05) is 5.92 Å². The predicted molar refractivity (Wildman–Crippen MR) is 97.9 cm³/mol. The highest BCUT2D eigenvalue weighted by Crippen LogP contribution is 2.73. The highest BCUT2D eigenvalue weighted by Gasteiger charge is 2.56. The fourth-order valence-corrected chi connectivity index (χ4v) is 8.81. The van der Waals surface area contributed by atoms with Gasteiger partial charge in [0.1, 0.15) is 5.78 Å². The first kappa shape index (κ1) is 24.9. The minimum atomic E-state index is -3.92. The number of hydrogen-bond acceptors (Lipinski definition) is 8. The quantitative estimate of drug-likeness (QED) is 0.437. The molecular weight excluding hydrogens is 368 g/mol. The minimum absolute atomic E-state index is 0.0811. The lowest BCUT2D eigenvalue weighted by atomic mass is 9.97. The normalized spacial score (nSPS) is 15.4. The maximum absolute atomic E-state index is 13.5. The first-order chi connectivity index (χ1) is 11.7. The van der Waals surface area contributed by atoms with Crippen LogP contribution in [0.3, 0.4) is 0 Å². The molecule has 0 heterocycles. The topological polar surface area (TPSA) is 114 Å². The van der Waals surface area contributed by atoms with E-state index in [9.17, 15) is 13.9 Å². The zero-order chi connectivity index (χ0) is 19.7. The van der Waals surface area contributed by atoms with E-state index in [-0.39, 0.29) is 32.2 Å². The van der Waals surface area contributed by atoms with Gasteiger partial charge in [0.15, 0.2) is 5.40 Å². The molecule has 0 amide bonds. The Bertz CT molecular complexity index is 450. The Balaban J connectivity index is 6.39. The van der Waals surface area contributed by atoms with Crippen LogP contribution in [-0.4, -0.2) is 43.7 Å². The van der Waals surface area contributed by atoms with Gasteiger partial charge in [0.25, 0.3) is 0 Å². The van der Waals surface area contributed by atoms with Crippen LogP contribution in [0.25, 0.3) is 0 Å². The SMILES string of the molecule is CCOP(=O)(OCC)C([C@H](CC)[C@H](N)C(C)=O)P(=O)(OCC)OCC. The first-order valence-corrected chi connectivity index (χ1v) is 11.9. The second-order valence-corrected chi connectivity index (χ2v) is 10.1. The van der Waals surface area contributed by atoms with Crippen molar-refractivity contribution in [2.24, 2.45) is 11.7 Å². The molecule has 0 unspecified atom stereocenters.